The van der Waals surface area contributed by atoms with E-state index in [1.807, 2.05) is 6.26 Å². The molecule has 0 bridgehead atoms. The fraction of sp³-hybridized carbons (Fsp3) is 0.350. The van der Waals surface area contributed by atoms with Crippen molar-refractivity contribution in [1.29, 1.82) is 0 Å². The zero-order valence-electron chi connectivity index (χ0n) is 15.7. The van der Waals surface area contributed by atoms with Crippen LogP contribution in [0.15, 0.2) is 52.3 Å². The number of likely N-dealkylation sites (tertiary alicyclic amines) is 1. The molecule has 0 saturated carbocycles. The Morgan fingerprint density at radius 3 is 2.39 bits per heavy atom. The lowest BCUT2D eigenvalue weighted by molar-refractivity contribution is 0.0758. The summed E-state index contributed by atoms with van der Waals surface area (Å²) in [5.41, 5.74) is 0.239. The molecular formula is C20H23FN2O3S2. The molecule has 28 heavy (non-hydrogen) atoms. The predicted octanol–water partition coefficient (Wildman–Crippen LogP) is 4.36. The summed E-state index contributed by atoms with van der Waals surface area (Å²) < 4.78 is 41.6. The first-order valence-corrected chi connectivity index (χ1v) is 11.9. The molecule has 1 aliphatic heterocycles. The second-order valence-electron chi connectivity index (χ2n) is 6.65. The molecule has 0 spiro atoms. The minimum Gasteiger partial charge on any atom is -0.339 e. The molecule has 1 amide bonds. The van der Waals surface area contributed by atoms with E-state index in [4.69, 9.17) is 0 Å². The lowest BCUT2D eigenvalue weighted by Gasteiger charge is -2.22. The first kappa shape index (κ1) is 20.7. The highest BCUT2D eigenvalue weighted by molar-refractivity contribution is 7.98. The Morgan fingerprint density at radius 1 is 1.07 bits per heavy atom. The van der Waals surface area contributed by atoms with Gasteiger partial charge in [-0.05, 0) is 49.4 Å². The number of rotatable bonds is 5. The Balaban J connectivity index is 1.93. The normalized spacial score (nSPS) is 15.1. The van der Waals surface area contributed by atoms with Gasteiger partial charge >= 0.3 is 0 Å². The number of para-hydroxylation sites is 1. The number of hydrogen-bond acceptors (Lipinski definition) is 4. The van der Waals surface area contributed by atoms with Gasteiger partial charge in [0.2, 0.25) is 0 Å². The van der Waals surface area contributed by atoms with Crippen molar-refractivity contribution < 1.29 is 17.6 Å². The maximum atomic E-state index is 13.9. The summed E-state index contributed by atoms with van der Waals surface area (Å²) in [7, 11) is -4.02. The van der Waals surface area contributed by atoms with E-state index in [9.17, 15) is 17.6 Å². The van der Waals surface area contributed by atoms with Gasteiger partial charge in [-0.15, -0.1) is 11.8 Å². The van der Waals surface area contributed by atoms with Gasteiger partial charge in [-0.2, -0.15) is 0 Å². The number of nitrogens with zero attached hydrogens (tertiary/aromatic N) is 1. The van der Waals surface area contributed by atoms with Gasteiger partial charge in [-0.25, -0.2) is 12.8 Å². The Labute approximate surface area is 169 Å². The van der Waals surface area contributed by atoms with Crippen LogP contribution in [0.2, 0.25) is 0 Å². The van der Waals surface area contributed by atoms with Gasteiger partial charge in [0.05, 0.1) is 16.1 Å². The monoisotopic (exact) mass is 422 g/mol. The van der Waals surface area contributed by atoms with Gasteiger partial charge in [-0.1, -0.05) is 25.0 Å². The molecule has 0 aromatic heterocycles. The first-order valence-electron chi connectivity index (χ1n) is 9.17. The number of amides is 1. The fourth-order valence-electron chi connectivity index (χ4n) is 3.21. The molecule has 1 N–H and O–H groups in total. The first-order chi connectivity index (χ1) is 13.4. The highest BCUT2D eigenvalue weighted by Crippen LogP contribution is 2.27. The number of anilines is 1. The number of sulfonamides is 1. The SMILES string of the molecule is CSc1ccc(S(=O)(=O)Nc2ccccc2F)cc1C(=O)N1CCCCCC1. The molecule has 150 valence electrons. The second kappa shape index (κ2) is 8.96. The summed E-state index contributed by atoms with van der Waals surface area (Å²) in [6.45, 7) is 1.36. The number of benzene rings is 2. The molecule has 8 heteroatoms. The lowest BCUT2D eigenvalue weighted by Crippen LogP contribution is -2.32. The van der Waals surface area contributed by atoms with Crippen LogP contribution in [0, 0.1) is 5.82 Å². The van der Waals surface area contributed by atoms with Crippen LogP contribution < -0.4 is 4.72 Å². The van der Waals surface area contributed by atoms with Crippen molar-refractivity contribution in [3.8, 4) is 0 Å². The van der Waals surface area contributed by atoms with Crippen molar-refractivity contribution in [2.45, 2.75) is 35.5 Å². The molecule has 3 rings (SSSR count). The van der Waals surface area contributed by atoms with Crippen LogP contribution in [0.1, 0.15) is 36.0 Å². The van der Waals surface area contributed by atoms with E-state index in [0.29, 0.717) is 18.7 Å². The average molecular weight is 423 g/mol. The summed E-state index contributed by atoms with van der Waals surface area (Å²) in [4.78, 5) is 15.5. The van der Waals surface area contributed by atoms with E-state index in [2.05, 4.69) is 4.72 Å². The summed E-state index contributed by atoms with van der Waals surface area (Å²) in [5.74, 6) is -0.818. The van der Waals surface area contributed by atoms with Crippen LogP contribution in [0.4, 0.5) is 10.1 Å². The van der Waals surface area contributed by atoms with Gasteiger partial charge in [0.1, 0.15) is 5.82 Å². The number of hydrogen-bond donors (Lipinski definition) is 1. The van der Waals surface area contributed by atoms with Crippen LogP contribution in [0.3, 0.4) is 0 Å². The van der Waals surface area contributed by atoms with Crippen LogP contribution in [-0.4, -0.2) is 38.6 Å². The predicted molar refractivity (Wildman–Crippen MR) is 110 cm³/mol. The van der Waals surface area contributed by atoms with E-state index < -0.39 is 15.8 Å². The standard InChI is InChI=1S/C20H23FN2O3S2/c1-27-19-11-10-15(28(25,26)22-18-9-5-4-8-17(18)21)14-16(19)20(24)23-12-6-2-3-7-13-23/h4-5,8-11,14,22H,2-3,6-7,12-13H2,1H3. The minimum atomic E-state index is -4.02. The minimum absolute atomic E-state index is 0.0632. The zero-order valence-corrected chi connectivity index (χ0v) is 17.3. The smallest absolute Gasteiger partial charge is 0.262 e. The molecule has 0 unspecified atom stereocenters. The molecule has 1 saturated heterocycles. The molecule has 1 aliphatic rings. The van der Waals surface area contributed by atoms with Crippen molar-refractivity contribution in [2.24, 2.45) is 0 Å². The van der Waals surface area contributed by atoms with Crippen molar-refractivity contribution in [3.63, 3.8) is 0 Å². The molecule has 0 aliphatic carbocycles. The van der Waals surface area contributed by atoms with Crippen molar-refractivity contribution in [2.75, 3.05) is 24.1 Å². The van der Waals surface area contributed by atoms with Gasteiger partial charge in [0.25, 0.3) is 15.9 Å². The van der Waals surface area contributed by atoms with E-state index in [1.165, 1.54) is 42.1 Å². The molecule has 2 aromatic carbocycles. The Kier molecular flexibility index (Phi) is 6.61. The quantitative estimate of drug-likeness (QED) is 0.727. The fourth-order valence-corrected chi connectivity index (χ4v) is 4.88. The highest BCUT2D eigenvalue weighted by Gasteiger charge is 2.24. The molecule has 2 aromatic rings. The number of thioether (sulfide) groups is 1. The third-order valence-electron chi connectivity index (χ3n) is 4.72. The van der Waals surface area contributed by atoms with E-state index >= 15 is 0 Å². The topological polar surface area (TPSA) is 66.5 Å². The molecular weight excluding hydrogens is 399 g/mol. The Bertz CT molecular complexity index is 956. The molecule has 1 fully saturated rings. The maximum absolute atomic E-state index is 13.9. The van der Waals surface area contributed by atoms with E-state index in [0.717, 1.165) is 30.6 Å². The van der Waals surface area contributed by atoms with Crippen molar-refractivity contribution >= 4 is 33.4 Å². The number of carbonyl (C=O) groups excluding carboxylic acids is 1. The number of halogens is 1. The molecule has 1 heterocycles. The number of carbonyl (C=O) groups is 1. The lowest BCUT2D eigenvalue weighted by atomic mass is 10.2. The van der Waals surface area contributed by atoms with Gasteiger partial charge < -0.3 is 4.90 Å². The van der Waals surface area contributed by atoms with Crippen molar-refractivity contribution in [3.05, 3.63) is 53.8 Å². The second-order valence-corrected chi connectivity index (χ2v) is 9.18. The summed E-state index contributed by atoms with van der Waals surface area (Å²) in [6.07, 6.45) is 5.95. The number of nitrogens with one attached hydrogen (secondary N) is 1. The zero-order chi connectivity index (χ0) is 20.1. The molecule has 0 radical (unpaired) electrons. The Hall–Kier alpha value is -2.06. The summed E-state index contributed by atoms with van der Waals surface area (Å²) >= 11 is 1.40. The van der Waals surface area contributed by atoms with Crippen LogP contribution in [-0.2, 0) is 10.0 Å². The Morgan fingerprint density at radius 2 is 1.75 bits per heavy atom. The van der Waals surface area contributed by atoms with Crippen LogP contribution in [0.25, 0.3) is 0 Å². The highest BCUT2D eigenvalue weighted by atomic mass is 32.2. The third kappa shape index (κ3) is 4.67. The van der Waals surface area contributed by atoms with E-state index in [-0.39, 0.29) is 16.5 Å². The molecule has 5 nitrogen and oxygen atoms in total. The van der Waals surface area contributed by atoms with Crippen LogP contribution in [0.5, 0.6) is 0 Å². The maximum Gasteiger partial charge on any atom is 0.262 e. The van der Waals surface area contributed by atoms with Crippen molar-refractivity contribution in [1.82, 2.24) is 4.90 Å². The average Bonchev–Trinajstić information content (AvgIpc) is 2.98. The molecule has 0 atom stereocenters. The summed E-state index contributed by atoms with van der Waals surface area (Å²) in [5, 5.41) is 0. The van der Waals surface area contributed by atoms with Gasteiger partial charge in [0.15, 0.2) is 0 Å². The third-order valence-corrected chi connectivity index (χ3v) is 6.88. The van der Waals surface area contributed by atoms with E-state index in [1.54, 1.807) is 17.0 Å². The summed E-state index contributed by atoms with van der Waals surface area (Å²) in [6, 6.07) is 10.0. The van der Waals surface area contributed by atoms with Gasteiger partial charge in [-0.3, -0.25) is 9.52 Å². The largest absolute Gasteiger partial charge is 0.339 e. The van der Waals surface area contributed by atoms with Crippen LogP contribution >= 0.6 is 11.8 Å². The van der Waals surface area contributed by atoms with Gasteiger partial charge in [0, 0.05) is 18.0 Å².